The van der Waals surface area contributed by atoms with E-state index in [0.717, 1.165) is 44.4 Å². The van der Waals surface area contributed by atoms with E-state index in [4.69, 9.17) is 23.4 Å². The Hall–Kier alpha value is -7.24. The number of benzene rings is 7. The van der Waals surface area contributed by atoms with Crippen LogP contribution < -0.4 is 9.30 Å². The van der Waals surface area contributed by atoms with E-state index >= 15 is 0 Å². The van der Waals surface area contributed by atoms with Crippen molar-refractivity contribution < 1.29 is 23.0 Å². The Morgan fingerprint density at radius 2 is 1.25 bits per heavy atom. The van der Waals surface area contributed by atoms with E-state index in [1.54, 1.807) is 27.3 Å². The van der Waals surface area contributed by atoms with Crippen LogP contribution in [0.4, 0.5) is 0 Å². The van der Waals surface area contributed by atoms with Crippen molar-refractivity contribution in [1.29, 1.82) is 0 Å². The highest BCUT2D eigenvalue weighted by atomic mass is 16.5. The van der Waals surface area contributed by atoms with Crippen molar-refractivity contribution in [2.45, 2.75) is 20.8 Å². The molecule has 10 aromatic rings. The number of rotatable bonds is 7. The molecule has 5 heteroatoms. The number of pyridine rings is 1. The summed E-state index contributed by atoms with van der Waals surface area (Å²) in [5, 5.41) is 2.14. The van der Waals surface area contributed by atoms with Crippen LogP contribution in [0.15, 0.2) is 176 Å². The summed E-state index contributed by atoms with van der Waals surface area (Å²) < 4.78 is 99.0. The summed E-state index contributed by atoms with van der Waals surface area (Å²) in [5.41, 5.74) is 7.21. The first-order chi connectivity index (χ1) is 31.7. The molecule has 56 heavy (non-hydrogen) atoms. The molecule has 0 unspecified atom stereocenters. The first kappa shape index (κ1) is 24.2. The third-order valence-corrected chi connectivity index (χ3v) is 10.2. The lowest BCUT2D eigenvalue weighted by Gasteiger charge is -2.17. The molecular weight excluding hydrogens is 685 g/mol. The van der Waals surface area contributed by atoms with E-state index in [1.165, 1.54) is 0 Å². The molecule has 0 amide bonds. The van der Waals surface area contributed by atoms with Gasteiger partial charge in [-0.3, -0.25) is 13.7 Å². The number of ether oxygens (including phenoxy) is 1. The topological polar surface area (TPSA) is 35.9 Å². The zero-order valence-corrected chi connectivity index (χ0v) is 30.7. The Bertz CT molecular complexity index is 3550. The minimum absolute atomic E-state index is 0.127. The molecule has 0 fully saturated rings. The Labute approximate surface area is 340 Å². The Morgan fingerprint density at radius 1 is 0.607 bits per heavy atom. The standard InChI is InChI=1S/C51H38N4O/c1-34-30-35(2)52-51(36(34)3)55-46-25-11-10-22-44(46)45-29-28-41(32-49(45)55)56-40-21-14-20-39(31-40)53-33-54(48-27-13-12-26-47(48)53)50-42(37-16-6-4-7-17-37)23-15-24-43(50)38-18-8-5-9-19-38/h4-32H,1-3H3/i4D,5D,6D,7D,8D,9D,16D,17D,18D,19D. The molecule has 7 aromatic carbocycles. The molecule has 0 bridgehead atoms. The zero-order valence-electron chi connectivity index (χ0n) is 40.7. The minimum atomic E-state index is -0.564. The van der Waals surface area contributed by atoms with Crippen LogP contribution >= 0.6 is 0 Å². The van der Waals surface area contributed by atoms with Crippen LogP contribution in [0.2, 0.25) is 0 Å². The summed E-state index contributed by atoms with van der Waals surface area (Å²) in [6.45, 7) is 6.17. The van der Waals surface area contributed by atoms with Crippen LogP contribution in [0.25, 0.3) is 72.3 Å². The quantitative estimate of drug-likeness (QED) is 0.121. The number of imidazole rings is 1. The lowest BCUT2D eigenvalue weighted by atomic mass is 9.95. The number of aromatic nitrogens is 4. The van der Waals surface area contributed by atoms with Crippen LogP contribution in [0, 0.1) is 27.1 Å². The van der Waals surface area contributed by atoms with Gasteiger partial charge in [0.05, 0.1) is 47.1 Å². The number of hydrogen-bond acceptors (Lipinski definition) is 2. The van der Waals surface area contributed by atoms with Crippen molar-refractivity contribution in [2.24, 2.45) is 0 Å². The average Bonchev–Trinajstić information content (AvgIpc) is 3.86. The molecule has 0 atom stereocenters. The molecule has 0 N–H and O–H groups in total. The molecule has 10 rings (SSSR count). The lowest BCUT2D eigenvalue weighted by molar-refractivity contribution is -0.571. The lowest BCUT2D eigenvalue weighted by Crippen LogP contribution is -2.31. The maximum atomic E-state index is 8.99. The van der Waals surface area contributed by atoms with Crippen molar-refractivity contribution >= 4 is 32.8 Å². The largest absolute Gasteiger partial charge is 0.458 e. The second-order valence-corrected chi connectivity index (χ2v) is 13.6. The number of hydrogen-bond donors (Lipinski definition) is 0. The highest BCUT2D eigenvalue weighted by Crippen LogP contribution is 2.37. The Kier molecular flexibility index (Phi) is 5.87. The summed E-state index contributed by atoms with van der Waals surface area (Å²) in [4.78, 5) is 5.00. The van der Waals surface area contributed by atoms with Gasteiger partial charge in [0.25, 0.3) is 6.33 Å². The normalized spacial score (nSPS) is 14.0. The van der Waals surface area contributed by atoms with E-state index in [-0.39, 0.29) is 27.9 Å². The molecule has 3 aromatic heterocycles. The Morgan fingerprint density at radius 3 is 2.00 bits per heavy atom. The van der Waals surface area contributed by atoms with E-state index in [2.05, 4.69) is 49.0 Å². The molecule has 0 saturated carbocycles. The predicted molar refractivity (Wildman–Crippen MR) is 227 cm³/mol. The zero-order chi connectivity index (χ0) is 46.5. The van der Waals surface area contributed by atoms with E-state index < -0.39 is 60.4 Å². The fourth-order valence-corrected chi connectivity index (χ4v) is 7.54. The van der Waals surface area contributed by atoms with Gasteiger partial charge in [0.2, 0.25) is 0 Å². The highest BCUT2D eigenvalue weighted by Gasteiger charge is 2.20. The number of fused-ring (bicyclic) bond motifs is 4. The minimum Gasteiger partial charge on any atom is -0.458 e. The van der Waals surface area contributed by atoms with Gasteiger partial charge < -0.3 is 4.74 Å². The van der Waals surface area contributed by atoms with Gasteiger partial charge in [0, 0.05) is 22.5 Å². The van der Waals surface area contributed by atoms with Crippen LogP contribution in [0.5, 0.6) is 11.5 Å². The van der Waals surface area contributed by atoms with Crippen molar-refractivity contribution in [3.63, 3.8) is 0 Å². The number of nitrogens with zero attached hydrogens (tertiary/aromatic N) is 4. The smallest absolute Gasteiger partial charge is 0.269 e. The van der Waals surface area contributed by atoms with Gasteiger partial charge in [-0.2, -0.15) is 0 Å². The van der Waals surface area contributed by atoms with Crippen LogP contribution in [0.3, 0.4) is 0 Å². The predicted octanol–water partition coefficient (Wildman–Crippen LogP) is 12.3. The maximum Gasteiger partial charge on any atom is 0.269 e. The van der Waals surface area contributed by atoms with Crippen LogP contribution in [-0.2, 0) is 0 Å². The van der Waals surface area contributed by atoms with Gasteiger partial charge in [-0.15, -0.1) is 0 Å². The SMILES string of the molecule is [2H]c1c([2H])c([2H])c(-c2cccc(-c3c([2H])c([2H])c([2H])c([2H])c3[2H])c2-[n+]2[c-]n(-c3cccc(Oc4ccc5c6ccccc6n(-c6nc(C)cc(C)c6C)c5c4)c3)c3ccccc32)c([2H])c1[2H]. The van der Waals surface area contributed by atoms with Crippen LogP contribution in [0.1, 0.15) is 30.5 Å². The van der Waals surface area contributed by atoms with Crippen molar-refractivity contribution in [2.75, 3.05) is 0 Å². The average molecular weight is 733 g/mol. The fraction of sp³-hybridized carbons (Fsp3) is 0.0588. The molecule has 0 radical (unpaired) electrons. The Balaban J connectivity index is 1.16. The molecule has 0 spiro atoms. The molecular formula is C51H38N4O. The molecule has 0 aliphatic heterocycles. The summed E-state index contributed by atoms with van der Waals surface area (Å²) in [5.74, 6) is 1.97. The second-order valence-electron chi connectivity index (χ2n) is 13.6. The van der Waals surface area contributed by atoms with E-state index in [9.17, 15) is 0 Å². The first-order valence-corrected chi connectivity index (χ1v) is 18.2. The molecule has 0 saturated heterocycles. The molecule has 0 aliphatic carbocycles. The van der Waals surface area contributed by atoms with Crippen molar-refractivity contribution in [1.82, 2.24) is 14.1 Å². The fourth-order valence-electron chi connectivity index (χ4n) is 7.54. The van der Waals surface area contributed by atoms with Gasteiger partial charge in [-0.05, 0) is 96.6 Å². The highest BCUT2D eigenvalue weighted by molar-refractivity contribution is 6.09. The summed E-state index contributed by atoms with van der Waals surface area (Å²) >= 11 is 0. The summed E-state index contributed by atoms with van der Waals surface area (Å²) in [6.07, 6.45) is 3.43. The molecule has 268 valence electrons. The van der Waals surface area contributed by atoms with Crippen molar-refractivity contribution in [3.05, 3.63) is 199 Å². The molecule has 5 nitrogen and oxygen atoms in total. The van der Waals surface area contributed by atoms with Gasteiger partial charge in [0.15, 0.2) is 0 Å². The van der Waals surface area contributed by atoms with Crippen molar-refractivity contribution in [3.8, 4) is 50.9 Å². The summed E-state index contributed by atoms with van der Waals surface area (Å²) in [7, 11) is 0. The second kappa shape index (κ2) is 13.6. The summed E-state index contributed by atoms with van der Waals surface area (Å²) in [6, 6.07) is 30.8. The van der Waals surface area contributed by atoms with Gasteiger partial charge in [-0.25, -0.2) is 4.98 Å². The third kappa shape index (κ3) is 5.64. The first-order valence-electron chi connectivity index (χ1n) is 23.2. The van der Waals surface area contributed by atoms with Gasteiger partial charge in [0.1, 0.15) is 17.3 Å². The number of aryl methyl sites for hydroxylation is 2. The molecule has 0 aliphatic rings. The monoisotopic (exact) mass is 732 g/mol. The van der Waals surface area contributed by atoms with E-state index in [1.807, 2.05) is 79.7 Å². The van der Waals surface area contributed by atoms with Gasteiger partial charge in [-0.1, -0.05) is 127 Å². The third-order valence-electron chi connectivity index (χ3n) is 10.2. The maximum absolute atomic E-state index is 8.99. The molecule has 3 heterocycles. The number of para-hydroxylation sites is 4. The van der Waals surface area contributed by atoms with Crippen LogP contribution in [-0.4, -0.2) is 14.1 Å². The van der Waals surface area contributed by atoms with E-state index in [0.29, 0.717) is 28.2 Å². The van der Waals surface area contributed by atoms with Gasteiger partial charge >= 0.3 is 0 Å².